The van der Waals surface area contributed by atoms with Crippen molar-refractivity contribution in [2.24, 2.45) is 0 Å². The van der Waals surface area contributed by atoms with Gasteiger partial charge in [-0.3, -0.25) is 4.84 Å². The van der Waals surface area contributed by atoms with Crippen LogP contribution in [0, 0.1) is 0 Å². The molecule has 4 heteroatoms. The van der Waals surface area contributed by atoms with Crippen LogP contribution in [-0.4, -0.2) is 11.7 Å². The molecule has 0 aliphatic heterocycles. The minimum Gasteiger partial charge on any atom is -0.442 e. The summed E-state index contributed by atoms with van der Waals surface area (Å²) in [6.45, 7) is 5.70. The molecular weight excluding hydrogens is 254 g/mol. The van der Waals surface area contributed by atoms with E-state index in [0.717, 1.165) is 16.3 Å². The lowest BCUT2D eigenvalue weighted by atomic mass is 10.1. The first kappa shape index (κ1) is 14.3. The molecule has 0 saturated heterocycles. The van der Waals surface area contributed by atoms with Gasteiger partial charge in [0.1, 0.15) is 12.2 Å². The van der Waals surface area contributed by atoms with Crippen molar-refractivity contribution < 1.29 is 14.4 Å². The zero-order valence-corrected chi connectivity index (χ0v) is 12.0. The highest BCUT2D eigenvalue weighted by Gasteiger charge is 2.16. The van der Waals surface area contributed by atoms with Gasteiger partial charge < -0.3 is 4.74 Å². The second kappa shape index (κ2) is 5.92. The second-order valence-corrected chi connectivity index (χ2v) is 5.53. The van der Waals surface area contributed by atoms with Crippen LogP contribution in [-0.2, 0) is 16.2 Å². The Hall–Kier alpha value is -2.07. The molecule has 0 aromatic heterocycles. The lowest BCUT2D eigenvalue weighted by Crippen LogP contribution is -2.32. The molecule has 0 atom stereocenters. The van der Waals surface area contributed by atoms with Gasteiger partial charge in [-0.05, 0) is 37.1 Å². The van der Waals surface area contributed by atoms with Crippen molar-refractivity contribution in [1.82, 2.24) is 5.48 Å². The zero-order chi connectivity index (χ0) is 14.6. The second-order valence-electron chi connectivity index (χ2n) is 5.53. The molecule has 1 N–H and O–H groups in total. The van der Waals surface area contributed by atoms with Crippen LogP contribution in [0.1, 0.15) is 26.3 Å². The first-order valence-corrected chi connectivity index (χ1v) is 6.53. The van der Waals surface area contributed by atoms with Crippen LogP contribution >= 0.6 is 0 Å². The van der Waals surface area contributed by atoms with E-state index in [4.69, 9.17) is 9.57 Å². The zero-order valence-electron chi connectivity index (χ0n) is 12.0. The van der Waals surface area contributed by atoms with Gasteiger partial charge in [0, 0.05) is 0 Å². The van der Waals surface area contributed by atoms with Crippen molar-refractivity contribution in [1.29, 1.82) is 0 Å². The van der Waals surface area contributed by atoms with Crippen LogP contribution < -0.4 is 5.48 Å². The highest BCUT2D eigenvalue weighted by molar-refractivity contribution is 5.85. The lowest BCUT2D eigenvalue weighted by molar-refractivity contribution is -0.0134. The summed E-state index contributed by atoms with van der Waals surface area (Å²) in [6.07, 6.45) is -0.585. The highest BCUT2D eigenvalue weighted by Crippen LogP contribution is 2.18. The molecule has 0 aliphatic carbocycles. The number of amides is 1. The molecule has 0 fully saturated rings. The largest absolute Gasteiger partial charge is 0.442 e. The number of hydrogen-bond donors (Lipinski definition) is 1. The number of carbonyl (C=O) groups excluding carboxylic acids is 1. The summed E-state index contributed by atoms with van der Waals surface area (Å²) >= 11 is 0. The average Bonchev–Trinajstić information content (AvgIpc) is 2.37. The van der Waals surface area contributed by atoms with Crippen molar-refractivity contribution in [2.45, 2.75) is 33.0 Å². The molecule has 2 aromatic rings. The Morgan fingerprint density at radius 3 is 2.55 bits per heavy atom. The van der Waals surface area contributed by atoms with Crippen LogP contribution in [0.25, 0.3) is 10.8 Å². The quantitative estimate of drug-likeness (QED) is 0.865. The summed E-state index contributed by atoms with van der Waals surface area (Å²) < 4.78 is 5.09. The predicted molar refractivity (Wildman–Crippen MR) is 78.1 cm³/mol. The third-order valence-corrected chi connectivity index (χ3v) is 2.66. The monoisotopic (exact) mass is 273 g/mol. The van der Waals surface area contributed by atoms with E-state index >= 15 is 0 Å². The molecule has 106 valence electrons. The molecule has 2 aromatic carbocycles. The van der Waals surface area contributed by atoms with Crippen LogP contribution in [0.4, 0.5) is 4.79 Å². The van der Waals surface area contributed by atoms with E-state index in [0.29, 0.717) is 6.61 Å². The summed E-state index contributed by atoms with van der Waals surface area (Å²) in [5.41, 5.74) is 2.77. The van der Waals surface area contributed by atoms with E-state index in [1.165, 1.54) is 0 Å². The van der Waals surface area contributed by atoms with E-state index in [1.807, 2.05) is 42.5 Å². The number of benzene rings is 2. The minimum absolute atomic E-state index is 0.292. The number of carbonyl (C=O) groups is 1. The van der Waals surface area contributed by atoms with Gasteiger partial charge in [0.2, 0.25) is 0 Å². The number of nitrogens with one attached hydrogen (secondary N) is 1. The number of rotatable bonds is 3. The van der Waals surface area contributed by atoms with Gasteiger partial charge in [-0.15, -0.1) is 0 Å². The molecule has 0 bridgehead atoms. The summed E-state index contributed by atoms with van der Waals surface area (Å²) in [5, 5.41) is 2.26. The smallest absolute Gasteiger partial charge is 0.431 e. The maximum Gasteiger partial charge on any atom is 0.431 e. The average molecular weight is 273 g/mol. The first-order chi connectivity index (χ1) is 9.46. The Balaban J connectivity index is 1.95. The fourth-order valence-corrected chi connectivity index (χ4v) is 1.89. The third kappa shape index (κ3) is 3.96. The normalized spacial score (nSPS) is 11.3. The van der Waals surface area contributed by atoms with Crippen molar-refractivity contribution >= 4 is 16.9 Å². The fraction of sp³-hybridized carbons (Fsp3) is 0.312. The van der Waals surface area contributed by atoms with Gasteiger partial charge in [0.25, 0.3) is 0 Å². The van der Waals surface area contributed by atoms with Gasteiger partial charge in [0.15, 0.2) is 0 Å². The molecule has 1 amide bonds. The Morgan fingerprint density at radius 1 is 1.10 bits per heavy atom. The van der Waals surface area contributed by atoms with Crippen LogP contribution in [0.3, 0.4) is 0 Å². The van der Waals surface area contributed by atoms with Gasteiger partial charge in [0.05, 0.1) is 0 Å². The van der Waals surface area contributed by atoms with E-state index in [9.17, 15) is 4.79 Å². The molecule has 20 heavy (non-hydrogen) atoms. The highest BCUT2D eigenvalue weighted by atomic mass is 16.7. The Bertz CT molecular complexity index is 597. The van der Waals surface area contributed by atoms with Crippen LogP contribution in [0.15, 0.2) is 42.5 Å². The number of ether oxygens (including phenoxy) is 1. The van der Waals surface area contributed by atoms with Crippen molar-refractivity contribution in [3.05, 3.63) is 48.0 Å². The minimum atomic E-state index is -0.585. The van der Waals surface area contributed by atoms with Crippen LogP contribution in [0.5, 0.6) is 0 Å². The van der Waals surface area contributed by atoms with E-state index in [-0.39, 0.29) is 0 Å². The Labute approximate surface area is 118 Å². The van der Waals surface area contributed by atoms with Crippen molar-refractivity contribution in [2.75, 3.05) is 0 Å². The molecule has 0 radical (unpaired) electrons. The predicted octanol–water partition coefficient (Wildman–Crippen LogP) is 3.80. The van der Waals surface area contributed by atoms with E-state index < -0.39 is 11.7 Å². The molecular formula is C16H19NO3. The SMILES string of the molecule is CC(C)(C)OC(=O)NOCc1cccc2ccccc12. The maximum atomic E-state index is 11.5. The van der Waals surface area contributed by atoms with Gasteiger partial charge in [-0.1, -0.05) is 42.5 Å². The summed E-state index contributed by atoms with van der Waals surface area (Å²) in [4.78, 5) is 16.7. The molecule has 0 saturated carbocycles. The topological polar surface area (TPSA) is 47.6 Å². The lowest BCUT2D eigenvalue weighted by Gasteiger charge is -2.19. The fourth-order valence-electron chi connectivity index (χ4n) is 1.89. The molecule has 4 nitrogen and oxygen atoms in total. The van der Waals surface area contributed by atoms with E-state index in [2.05, 4.69) is 5.48 Å². The molecule has 0 aliphatic rings. The standard InChI is InChI=1S/C16H19NO3/c1-16(2,3)20-15(18)17-19-11-13-9-6-8-12-7-4-5-10-14(12)13/h4-10H,11H2,1-3H3,(H,17,18). The third-order valence-electron chi connectivity index (χ3n) is 2.66. The Kier molecular flexibility index (Phi) is 4.25. The molecule has 2 rings (SSSR count). The number of fused-ring (bicyclic) bond motifs is 1. The molecule has 0 spiro atoms. The van der Waals surface area contributed by atoms with Crippen molar-refractivity contribution in [3.63, 3.8) is 0 Å². The summed E-state index contributed by atoms with van der Waals surface area (Å²) in [5.74, 6) is 0. The van der Waals surface area contributed by atoms with Crippen molar-refractivity contribution in [3.8, 4) is 0 Å². The molecule has 0 heterocycles. The number of hydroxylamine groups is 1. The van der Waals surface area contributed by atoms with Gasteiger partial charge in [-0.2, -0.15) is 5.48 Å². The summed E-state index contributed by atoms with van der Waals surface area (Å²) in [6, 6.07) is 14.0. The number of hydrogen-bond acceptors (Lipinski definition) is 3. The maximum absolute atomic E-state index is 11.5. The first-order valence-electron chi connectivity index (χ1n) is 6.53. The van der Waals surface area contributed by atoms with E-state index in [1.54, 1.807) is 20.8 Å². The van der Waals surface area contributed by atoms with Gasteiger partial charge in [-0.25, -0.2) is 4.79 Å². The summed E-state index contributed by atoms with van der Waals surface area (Å²) in [7, 11) is 0. The Morgan fingerprint density at radius 2 is 1.80 bits per heavy atom. The molecule has 0 unspecified atom stereocenters. The van der Waals surface area contributed by atoms with Crippen LogP contribution in [0.2, 0.25) is 0 Å². The van der Waals surface area contributed by atoms with Gasteiger partial charge >= 0.3 is 6.09 Å².